The molecule has 0 aliphatic rings. The molecule has 0 saturated carbocycles. The Morgan fingerprint density at radius 1 is 0.897 bits per heavy atom. The highest BCUT2D eigenvalue weighted by Crippen LogP contribution is 2.33. The zero-order valence-electron chi connectivity index (χ0n) is 15.2. The topological polar surface area (TPSA) is 71.3 Å². The first-order chi connectivity index (χ1) is 13.8. The Balaban J connectivity index is 1.62. The van der Waals surface area contributed by atoms with Gasteiger partial charge in [-0.3, -0.25) is 0 Å². The number of nitrogens with zero attached hydrogens (tertiary/aromatic N) is 1. The number of aliphatic hydroxyl groups is 1. The average molecular weight is 449 g/mol. The Kier molecular flexibility index (Phi) is 5.55. The van der Waals surface area contributed by atoms with Crippen LogP contribution < -0.4 is 4.72 Å². The summed E-state index contributed by atoms with van der Waals surface area (Å²) in [6, 6.07) is 19.1. The molecule has 29 heavy (non-hydrogen) atoms. The number of hydrogen-bond acceptors (Lipinski definition) is 3. The molecule has 1 unspecified atom stereocenters. The summed E-state index contributed by atoms with van der Waals surface area (Å²) in [6.45, 7) is 0.0974. The molecule has 0 amide bonds. The van der Waals surface area contributed by atoms with E-state index in [0.29, 0.717) is 10.0 Å². The van der Waals surface area contributed by atoms with E-state index < -0.39 is 16.1 Å². The summed E-state index contributed by atoms with van der Waals surface area (Å²) in [5.74, 6) is 0. The van der Waals surface area contributed by atoms with Crippen molar-refractivity contribution in [3.8, 4) is 0 Å². The van der Waals surface area contributed by atoms with Gasteiger partial charge in [-0.1, -0.05) is 41.4 Å². The highest BCUT2D eigenvalue weighted by Gasteiger charge is 2.18. The fourth-order valence-electron chi connectivity index (χ4n) is 3.41. The van der Waals surface area contributed by atoms with Crippen molar-refractivity contribution >= 4 is 55.0 Å². The van der Waals surface area contributed by atoms with Gasteiger partial charge in [0.2, 0.25) is 10.0 Å². The van der Waals surface area contributed by atoms with E-state index in [1.165, 1.54) is 12.1 Å². The van der Waals surface area contributed by atoms with Crippen LogP contribution in [0.5, 0.6) is 0 Å². The van der Waals surface area contributed by atoms with Gasteiger partial charge in [-0.2, -0.15) is 0 Å². The number of sulfonamides is 1. The minimum atomic E-state index is -3.68. The molecule has 4 rings (SSSR count). The van der Waals surface area contributed by atoms with Gasteiger partial charge in [0.05, 0.1) is 17.5 Å². The zero-order valence-corrected chi connectivity index (χ0v) is 17.5. The summed E-state index contributed by atoms with van der Waals surface area (Å²) in [6.07, 6.45) is -0.932. The van der Waals surface area contributed by atoms with Crippen molar-refractivity contribution in [3.05, 3.63) is 76.8 Å². The fourth-order valence-corrected chi connectivity index (χ4v) is 4.85. The van der Waals surface area contributed by atoms with E-state index in [-0.39, 0.29) is 18.0 Å². The molecule has 1 atom stereocenters. The van der Waals surface area contributed by atoms with E-state index in [0.717, 1.165) is 21.8 Å². The molecule has 8 heteroatoms. The zero-order chi connectivity index (χ0) is 20.6. The lowest BCUT2D eigenvalue weighted by Gasteiger charge is -2.15. The van der Waals surface area contributed by atoms with Crippen molar-refractivity contribution in [2.45, 2.75) is 17.5 Å². The summed E-state index contributed by atoms with van der Waals surface area (Å²) in [5, 5.41) is 13.6. The maximum Gasteiger partial charge on any atom is 0.240 e. The molecule has 0 saturated heterocycles. The smallest absolute Gasteiger partial charge is 0.240 e. The van der Waals surface area contributed by atoms with Gasteiger partial charge in [0.25, 0.3) is 0 Å². The van der Waals surface area contributed by atoms with Crippen LogP contribution in [-0.4, -0.2) is 30.7 Å². The van der Waals surface area contributed by atoms with Crippen LogP contribution in [0.3, 0.4) is 0 Å². The fraction of sp³-hybridized carbons (Fsp3) is 0.143. The maximum atomic E-state index is 12.4. The van der Waals surface area contributed by atoms with E-state index in [2.05, 4.69) is 4.72 Å². The Bertz CT molecular complexity index is 1230. The van der Waals surface area contributed by atoms with Crippen LogP contribution in [0.15, 0.2) is 71.6 Å². The normalized spacial score (nSPS) is 13.2. The lowest BCUT2D eigenvalue weighted by molar-refractivity contribution is 0.161. The molecule has 3 aromatic carbocycles. The molecule has 1 heterocycles. The van der Waals surface area contributed by atoms with Crippen LogP contribution >= 0.6 is 23.2 Å². The van der Waals surface area contributed by atoms with Crippen LogP contribution in [0.2, 0.25) is 10.0 Å². The SMILES string of the molecule is O=S(=O)(NCC(O)Cn1c2ccc(Cl)cc2c2cc(Cl)ccc21)c1ccccc1. The molecule has 0 spiro atoms. The van der Waals surface area contributed by atoms with E-state index >= 15 is 0 Å². The van der Waals surface area contributed by atoms with Gasteiger partial charge >= 0.3 is 0 Å². The molecule has 4 aromatic rings. The van der Waals surface area contributed by atoms with Gasteiger partial charge in [0.15, 0.2) is 0 Å². The van der Waals surface area contributed by atoms with Crippen molar-refractivity contribution in [2.24, 2.45) is 0 Å². The first-order valence-electron chi connectivity index (χ1n) is 8.95. The van der Waals surface area contributed by atoms with Crippen molar-refractivity contribution in [1.29, 1.82) is 0 Å². The first kappa shape index (κ1) is 20.2. The predicted octanol–water partition coefficient (Wildman–Crippen LogP) is 4.44. The monoisotopic (exact) mass is 448 g/mol. The summed E-state index contributed by atoms with van der Waals surface area (Å²) in [5.41, 5.74) is 1.77. The van der Waals surface area contributed by atoms with Crippen LogP contribution in [0.1, 0.15) is 0 Å². The third kappa shape index (κ3) is 4.13. The van der Waals surface area contributed by atoms with Gasteiger partial charge < -0.3 is 9.67 Å². The minimum Gasteiger partial charge on any atom is -0.390 e. The molecule has 0 fully saturated rings. The standard InChI is InChI=1S/C21H18Cl2N2O3S/c22-14-6-8-20-18(10-14)19-11-15(23)7-9-21(19)25(20)13-16(26)12-24-29(27,28)17-4-2-1-3-5-17/h1-11,16,24,26H,12-13H2. The number of fused-ring (bicyclic) bond motifs is 3. The number of nitrogens with one attached hydrogen (secondary N) is 1. The van der Waals surface area contributed by atoms with Crippen LogP contribution in [0, 0.1) is 0 Å². The van der Waals surface area contributed by atoms with Crippen LogP contribution in [0.25, 0.3) is 21.8 Å². The van der Waals surface area contributed by atoms with Crippen molar-refractivity contribution in [3.63, 3.8) is 0 Å². The second kappa shape index (κ2) is 7.97. The Hall–Kier alpha value is -2.09. The van der Waals surface area contributed by atoms with Crippen molar-refractivity contribution < 1.29 is 13.5 Å². The molecular weight excluding hydrogens is 431 g/mol. The first-order valence-corrected chi connectivity index (χ1v) is 11.2. The Morgan fingerprint density at radius 2 is 1.45 bits per heavy atom. The molecular formula is C21H18Cl2N2O3S. The lowest BCUT2D eigenvalue weighted by Crippen LogP contribution is -2.34. The van der Waals surface area contributed by atoms with E-state index in [9.17, 15) is 13.5 Å². The van der Waals surface area contributed by atoms with Crippen molar-refractivity contribution in [2.75, 3.05) is 6.54 Å². The second-order valence-electron chi connectivity index (χ2n) is 6.75. The maximum absolute atomic E-state index is 12.4. The number of halogens is 2. The van der Waals surface area contributed by atoms with Gasteiger partial charge in [-0.25, -0.2) is 13.1 Å². The van der Waals surface area contributed by atoms with Crippen LogP contribution in [0.4, 0.5) is 0 Å². The molecule has 0 aliphatic carbocycles. The second-order valence-corrected chi connectivity index (χ2v) is 9.39. The number of aliphatic hydroxyl groups excluding tert-OH is 1. The molecule has 5 nitrogen and oxygen atoms in total. The number of aromatic nitrogens is 1. The van der Waals surface area contributed by atoms with Gasteiger partial charge in [0.1, 0.15) is 0 Å². The summed E-state index contributed by atoms with van der Waals surface area (Å²) < 4.78 is 29.2. The number of benzene rings is 3. The summed E-state index contributed by atoms with van der Waals surface area (Å²) in [4.78, 5) is 0.161. The third-order valence-corrected chi connectivity index (χ3v) is 6.65. The quantitative estimate of drug-likeness (QED) is 0.457. The third-order valence-electron chi connectivity index (χ3n) is 4.74. The number of rotatable bonds is 6. The van der Waals surface area contributed by atoms with Crippen molar-refractivity contribution in [1.82, 2.24) is 9.29 Å². The molecule has 0 bridgehead atoms. The van der Waals surface area contributed by atoms with Crippen LogP contribution in [-0.2, 0) is 16.6 Å². The Morgan fingerprint density at radius 3 is 2.00 bits per heavy atom. The molecule has 2 N–H and O–H groups in total. The summed E-state index contributed by atoms with van der Waals surface area (Å²) >= 11 is 12.3. The Labute approximate surface area is 178 Å². The molecule has 150 valence electrons. The minimum absolute atomic E-state index is 0.112. The predicted molar refractivity (Wildman–Crippen MR) is 117 cm³/mol. The van der Waals surface area contributed by atoms with E-state index in [1.807, 2.05) is 28.8 Å². The molecule has 0 radical (unpaired) electrons. The average Bonchev–Trinajstić information content (AvgIpc) is 2.99. The largest absolute Gasteiger partial charge is 0.390 e. The van der Waals surface area contributed by atoms with Gasteiger partial charge in [-0.05, 0) is 48.5 Å². The number of hydrogen-bond donors (Lipinski definition) is 2. The van der Waals surface area contributed by atoms with Gasteiger partial charge in [0, 0.05) is 38.4 Å². The highest BCUT2D eigenvalue weighted by atomic mass is 35.5. The lowest BCUT2D eigenvalue weighted by atomic mass is 10.1. The summed E-state index contributed by atoms with van der Waals surface area (Å²) in [7, 11) is -3.68. The molecule has 1 aromatic heterocycles. The van der Waals surface area contributed by atoms with E-state index in [4.69, 9.17) is 23.2 Å². The molecule has 0 aliphatic heterocycles. The highest BCUT2D eigenvalue weighted by molar-refractivity contribution is 7.89. The van der Waals surface area contributed by atoms with Gasteiger partial charge in [-0.15, -0.1) is 0 Å². The van der Waals surface area contributed by atoms with E-state index in [1.54, 1.807) is 30.3 Å².